The van der Waals surface area contributed by atoms with Crippen molar-refractivity contribution < 1.29 is 15.0 Å². The number of benzene rings is 1. The number of carboxylic acids is 1. The van der Waals surface area contributed by atoms with Crippen molar-refractivity contribution in [2.45, 2.75) is 24.6 Å². The highest BCUT2D eigenvalue weighted by atomic mass is 32.2. The summed E-state index contributed by atoms with van der Waals surface area (Å²) in [5, 5.41) is 19.4. The zero-order valence-electron chi connectivity index (χ0n) is 9.54. The minimum Gasteiger partial charge on any atom is -0.507 e. The standard InChI is InChI=1S/C12H13NO3S/c1-12(2)9(11(15)16)13-10(17-12)7-5-3-4-6-8(7)14/h3-6,9,14H,1-2H3,(H,15,16)/t9-/m1/s1. The fourth-order valence-electron chi connectivity index (χ4n) is 1.74. The van der Waals surface area contributed by atoms with Crippen molar-refractivity contribution in [3.05, 3.63) is 29.8 Å². The van der Waals surface area contributed by atoms with E-state index in [1.807, 2.05) is 13.8 Å². The molecule has 0 aromatic heterocycles. The molecule has 90 valence electrons. The Kier molecular flexibility index (Phi) is 2.87. The van der Waals surface area contributed by atoms with Gasteiger partial charge in [0.25, 0.3) is 0 Å². The molecule has 0 radical (unpaired) electrons. The van der Waals surface area contributed by atoms with Gasteiger partial charge < -0.3 is 10.2 Å². The second-order valence-electron chi connectivity index (χ2n) is 4.40. The van der Waals surface area contributed by atoms with Crippen LogP contribution in [-0.2, 0) is 4.79 Å². The highest BCUT2D eigenvalue weighted by molar-refractivity contribution is 8.15. The summed E-state index contributed by atoms with van der Waals surface area (Å²) < 4.78 is -0.497. The predicted molar refractivity (Wildman–Crippen MR) is 67.7 cm³/mol. The van der Waals surface area contributed by atoms with E-state index >= 15 is 0 Å². The van der Waals surface area contributed by atoms with Crippen LogP contribution in [0.3, 0.4) is 0 Å². The molecule has 1 aliphatic heterocycles. The van der Waals surface area contributed by atoms with Crippen LogP contribution in [0.15, 0.2) is 29.3 Å². The molecule has 1 atom stereocenters. The molecule has 5 heteroatoms. The van der Waals surface area contributed by atoms with Crippen LogP contribution in [0, 0.1) is 0 Å². The Bertz CT molecular complexity index is 496. The Morgan fingerprint density at radius 3 is 2.59 bits per heavy atom. The molecule has 4 nitrogen and oxygen atoms in total. The zero-order chi connectivity index (χ0) is 12.6. The largest absolute Gasteiger partial charge is 0.507 e. The molecule has 0 saturated carbocycles. The lowest BCUT2D eigenvalue weighted by Gasteiger charge is -2.20. The molecule has 0 unspecified atom stereocenters. The van der Waals surface area contributed by atoms with Crippen LogP contribution in [0.2, 0.25) is 0 Å². The van der Waals surface area contributed by atoms with Gasteiger partial charge in [-0.05, 0) is 26.0 Å². The number of carbonyl (C=O) groups is 1. The van der Waals surface area contributed by atoms with Gasteiger partial charge in [0.05, 0.1) is 0 Å². The minimum absolute atomic E-state index is 0.126. The SMILES string of the molecule is CC1(C)SC(c2ccccc2O)=N[C@@H]1C(=O)O. The molecule has 17 heavy (non-hydrogen) atoms. The highest BCUT2D eigenvalue weighted by Crippen LogP contribution is 2.41. The van der Waals surface area contributed by atoms with Crippen molar-refractivity contribution in [3.8, 4) is 5.75 Å². The first-order valence-corrected chi connectivity index (χ1v) is 6.01. The third kappa shape index (κ3) is 2.15. The van der Waals surface area contributed by atoms with Gasteiger partial charge in [0.1, 0.15) is 10.8 Å². The highest BCUT2D eigenvalue weighted by Gasteiger charge is 2.42. The lowest BCUT2D eigenvalue weighted by molar-refractivity contribution is -0.138. The number of thioether (sulfide) groups is 1. The third-order valence-corrected chi connectivity index (χ3v) is 3.90. The van der Waals surface area contributed by atoms with E-state index in [4.69, 9.17) is 5.11 Å². The van der Waals surface area contributed by atoms with E-state index < -0.39 is 16.8 Å². The zero-order valence-corrected chi connectivity index (χ0v) is 10.4. The maximum Gasteiger partial charge on any atom is 0.329 e. The van der Waals surface area contributed by atoms with Gasteiger partial charge in [-0.2, -0.15) is 0 Å². The van der Waals surface area contributed by atoms with Gasteiger partial charge in [-0.15, -0.1) is 0 Å². The molecule has 1 aromatic carbocycles. The summed E-state index contributed by atoms with van der Waals surface area (Å²) in [6, 6.07) is 6.04. The summed E-state index contributed by atoms with van der Waals surface area (Å²) >= 11 is 1.38. The first-order valence-electron chi connectivity index (χ1n) is 5.20. The van der Waals surface area contributed by atoms with Gasteiger partial charge in [-0.1, -0.05) is 23.9 Å². The number of aliphatic carboxylic acids is 1. The van der Waals surface area contributed by atoms with E-state index in [-0.39, 0.29) is 5.75 Å². The molecule has 0 amide bonds. The number of aromatic hydroxyl groups is 1. The maximum absolute atomic E-state index is 11.1. The molecule has 2 N–H and O–H groups in total. The van der Waals surface area contributed by atoms with E-state index in [0.29, 0.717) is 10.6 Å². The number of aliphatic imine (C=N–C) groups is 1. The number of hydrogen-bond donors (Lipinski definition) is 2. The lowest BCUT2D eigenvalue weighted by atomic mass is 10.0. The molecule has 0 saturated heterocycles. The summed E-state index contributed by atoms with van der Waals surface area (Å²) in [6.07, 6.45) is 0. The van der Waals surface area contributed by atoms with Crippen LogP contribution in [0.5, 0.6) is 5.75 Å². The Balaban J connectivity index is 2.40. The van der Waals surface area contributed by atoms with Gasteiger partial charge >= 0.3 is 5.97 Å². The smallest absolute Gasteiger partial charge is 0.329 e. The van der Waals surface area contributed by atoms with E-state index in [0.717, 1.165) is 0 Å². The van der Waals surface area contributed by atoms with Crippen LogP contribution < -0.4 is 0 Å². The first kappa shape index (κ1) is 12.0. The van der Waals surface area contributed by atoms with Gasteiger partial charge in [0.15, 0.2) is 6.04 Å². The number of hydrogen-bond acceptors (Lipinski definition) is 4. The second-order valence-corrected chi connectivity index (χ2v) is 6.04. The normalized spacial score (nSPS) is 22.2. The van der Waals surface area contributed by atoms with E-state index in [1.54, 1.807) is 24.3 Å². The molecule has 0 spiro atoms. The summed E-state index contributed by atoms with van der Waals surface area (Å²) in [4.78, 5) is 15.3. The van der Waals surface area contributed by atoms with Crippen molar-refractivity contribution in [3.63, 3.8) is 0 Å². The number of carboxylic acid groups (broad SMARTS) is 1. The predicted octanol–water partition coefficient (Wildman–Crippen LogP) is 2.12. The van der Waals surface area contributed by atoms with E-state index in [9.17, 15) is 9.90 Å². The number of para-hydroxylation sites is 1. The van der Waals surface area contributed by atoms with Crippen LogP contribution in [0.1, 0.15) is 19.4 Å². The van der Waals surface area contributed by atoms with E-state index in [2.05, 4.69) is 4.99 Å². The number of nitrogens with zero attached hydrogens (tertiary/aromatic N) is 1. The fourth-order valence-corrected chi connectivity index (χ4v) is 2.94. The first-order chi connectivity index (χ1) is 7.92. The monoisotopic (exact) mass is 251 g/mol. The quantitative estimate of drug-likeness (QED) is 0.844. The van der Waals surface area contributed by atoms with Crippen LogP contribution in [0.4, 0.5) is 0 Å². The van der Waals surface area contributed by atoms with Crippen LogP contribution in [-0.4, -0.2) is 32.0 Å². The van der Waals surface area contributed by atoms with Gasteiger partial charge in [0, 0.05) is 10.3 Å². The van der Waals surface area contributed by atoms with Gasteiger partial charge in [-0.3, -0.25) is 4.99 Å². The molecule has 2 rings (SSSR count). The molecule has 1 aliphatic rings. The summed E-state index contributed by atoms with van der Waals surface area (Å²) in [7, 11) is 0. The van der Waals surface area contributed by atoms with E-state index in [1.165, 1.54) is 11.8 Å². The average molecular weight is 251 g/mol. The Labute approximate surface area is 103 Å². The van der Waals surface area contributed by atoms with Crippen molar-refractivity contribution in [1.29, 1.82) is 0 Å². The molecule has 0 fully saturated rings. The molecule has 0 bridgehead atoms. The fraction of sp³-hybridized carbons (Fsp3) is 0.333. The average Bonchev–Trinajstić information content (AvgIpc) is 2.55. The van der Waals surface area contributed by atoms with Crippen LogP contribution >= 0.6 is 11.8 Å². The second kappa shape index (κ2) is 4.07. The van der Waals surface area contributed by atoms with Crippen molar-refractivity contribution in [1.82, 2.24) is 0 Å². The molecule has 0 aliphatic carbocycles. The number of phenolic OH excluding ortho intramolecular Hbond substituents is 1. The number of phenols is 1. The molecular weight excluding hydrogens is 238 g/mol. The van der Waals surface area contributed by atoms with Gasteiger partial charge in [0.2, 0.25) is 0 Å². The third-order valence-electron chi connectivity index (χ3n) is 2.63. The molecule has 1 heterocycles. The minimum atomic E-state index is -0.937. The maximum atomic E-state index is 11.1. The summed E-state index contributed by atoms with van der Waals surface area (Å²) in [5.74, 6) is -0.812. The summed E-state index contributed by atoms with van der Waals surface area (Å²) in [6.45, 7) is 3.68. The molecule has 1 aromatic rings. The topological polar surface area (TPSA) is 69.9 Å². The van der Waals surface area contributed by atoms with Crippen LogP contribution in [0.25, 0.3) is 0 Å². The number of rotatable bonds is 2. The Hall–Kier alpha value is -1.49. The Morgan fingerprint density at radius 2 is 2.06 bits per heavy atom. The summed E-state index contributed by atoms with van der Waals surface area (Å²) in [5.41, 5.74) is 0.592. The van der Waals surface area contributed by atoms with Crippen molar-refractivity contribution in [2.24, 2.45) is 4.99 Å². The molecular formula is C12H13NO3S. The Morgan fingerprint density at radius 1 is 1.41 bits per heavy atom. The van der Waals surface area contributed by atoms with Crippen molar-refractivity contribution >= 4 is 22.8 Å². The lowest BCUT2D eigenvalue weighted by Crippen LogP contribution is -2.34. The van der Waals surface area contributed by atoms with Gasteiger partial charge in [-0.25, -0.2) is 4.79 Å². The van der Waals surface area contributed by atoms with Crippen molar-refractivity contribution in [2.75, 3.05) is 0 Å².